The molecule has 0 aliphatic carbocycles. The molecule has 2 aromatic carbocycles. The highest BCUT2D eigenvalue weighted by Crippen LogP contribution is 2.23. The van der Waals surface area contributed by atoms with Crippen molar-refractivity contribution in [3.63, 3.8) is 0 Å². The van der Waals surface area contributed by atoms with E-state index in [9.17, 15) is 9.59 Å². The summed E-state index contributed by atoms with van der Waals surface area (Å²) in [6, 6.07) is 12.9. The third kappa shape index (κ3) is 3.97. The molecule has 0 saturated heterocycles. The molecule has 0 amide bonds. The molecule has 0 unspecified atom stereocenters. The first-order valence-corrected chi connectivity index (χ1v) is 6.74. The van der Waals surface area contributed by atoms with Gasteiger partial charge in [0.2, 0.25) is 12.2 Å². The first kappa shape index (κ1) is 15.3. The summed E-state index contributed by atoms with van der Waals surface area (Å²) in [4.78, 5) is 27.8. The van der Waals surface area contributed by atoms with Crippen molar-refractivity contribution in [1.82, 2.24) is 0 Å². The topological polar surface area (TPSA) is 58.9 Å². The molecule has 0 aromatic heterocycles. The second-order valence-electron chi connectivity index (χ2n) is 4.70. The Kier molecular flexibility index (Phi) is 5.33. The zero-order valence-electron chi connectivity index (χ0n) is 12.0. The minimum atomic E-state index is 0.573. The van der Waals surface area contributed by atoms with Gasteiger partial charge in [0.15, 0.2) is 0 Å². The molecule has 0 radical (unpaired) electrons. The Balaban J connectivity index is 2.32. The van der Waals surface area contributed by atoms with Crippen LogP contribution >= 0.6 is 0 Å². The SMILES string of the molecule is C=CCc1ccc(N=C=O)cc1Cc1ccc(N=C=O)cc1. The van der Waals surface area contributed by atoms with Gasteiger partial charge >= 0.3 is 0 Å². The number of rotatable bonds is 6. The minimum absolute atomic E-state index is 0.573. The molecule has 0 atom stereocenters. The highest BCUT2D eigenvalue weighted by atomic mass is 16.1. The van der Waals surface area contributed by atoms with Crippen LogP contribution in [0.2, 0.25) is 0 Å². The van der Waals surface area contributed by atoms with E-state index < -0.39 is 0 Å². The second kappa shape index (κ2) is 7.65. The largest absolute Gasteiger partial charge is 0.240 e. The summed E-state index contributed by atoms with van der Waals surface area (Å²) in [5.41, 5.74) is 4.43. The Morgan fingerprint density at radius 2 is 1.55 bits per heavy atom. The highest BCUT2D eigenvalue weighted by molar-refractivity contribution is 5.53. The van der Waals surface area contributed by atoms with Crippen molar-refractivity contribution in [3.8, 4) is 0 Å². The third-order valence-corrected chi connectivity index (χ3v) is 3.23. The number of isocyanates is 2. The van der Waals surface area contributed by atoms with Gasteiger partial charge in [-0.05, 0) is 53.8 Å². The average molecular weight is 290 g/mol. The summed E-state index contributed by atoms with van der Waals surface area (Å²) in [6.07, 6.45) is 6.34. The van der Waals surface area contributed by atoms with Crippen LogP contribution in [-0.2, 0) is 22.4 Å². The van der Waals surface area contributed by atoms with Crippen molar-refractivity contribution < 1.29 is 9.59 Å². The van der Waals surface area contributed by atoms with Crippen LogP contribution in [0, 0.1) is 0 Å². The summed E-state index contributed by atoms with van der Waals surface area (Å²) >= 11 is 0. The van der Waals surface area contributed by atoms with Crippen molar-refractivity contribution in [2.75, 3.05) is 0 Å². The fraction of sp³-hybridized carbons (Fsp3) is 0.111. The molecule has 0 spiro atoms. The fourth-order valence-corrected chi connectivity index (χ4v) is 2.21. The van der Waals surface area contributed by atoms with Gasteiger partial charge in [-0.3, -0.25) is 0 Å². The van der Waals surface area contributed by atoms with Gasteiger partial charge in [0.1, 0.15) is 0 Å². The number of hydrogen-bond acceptors (Lipinski definition) is 4. The van der Waals surface area contributed by atoms with Crippen LogP contribution < -0.4 is 0 Å². The van der Waals surface area contributed by atoms with Gasteiger partial charge in [0.25, 0.3) is 0 Å². The van der Waals surface area contributed by atoms with Gasteiger partial charge < -0.3 is 0 Å². The van der Waals surface area contributed by atoms with Crippen LogP contribution in [0.15, 0.2) is 65.1 Å². The number of carbonyl (C=O) groups excluding carboxylic acids is 2. The number of aliphatic imine (C=N–C) groups is 2. The quantitative estimate of drug-likeness (QED) is 0.459. The molecule has 2 rings (SSSR count). The van der Waals surface area contributed by atoms with Crippen molar-refractivity contribution in [2.45, 2.75) is 12.8 Å². The molecule has 0 saturated carbocycles. The first-order valence-electron chi connectivity index (χ1n) is 6.74. The van der Waals surface area contributed by atoms with Crippen molar-refractivity contribution in [3.05, 3.63) is 71.8 Å². The monoisotopic (exact) mass is 290 g/mol. The van der Waals surface area contributed by atoms with Crippen LogP contribution in [0.3, 0.4) is 0 Å². The van der Waals surface area contributed by atoms with E-state index in [0.29, 0.717) is 17.8 Å². The Hall–Kier alpha value is -3.06. The molecule has 0 fully saturated rings. The van der Waals surface area contributed by atoms with E-state index in [0.717, 1.165) is 23.1 Å². The van der Waals surface area contributed by atoms with Crippen LogP contribution in [0.4, 0.5) is 11.4 Å². The number of allylic oxidation sites excluding steroid dienone is 1. The summed E-state index contributed by atoms with van der Waals surface area (Å²) in [7, 11) is 0. The van der Waals surface area contributed by atoms with Gasteiger partial charge in [0.05, 0.1) is 11.4 Å². The molecular weight excluding hydrogens is 276 g/mol. The molecule has 0 heterocycles. The lowest BCUT2D eigenvalue weighted by molar-refractivity contribution is 0.564. The Labute approximate surface area is 128 Å². The lowest BCUT2D eigenvalue weighted by Gasteiger charge is -2.09. The van der Waals surface area contributed by atoms with Gasteiger partial charge in [0, 0.05) is 0 Å². The average Bonchev–Trinajstić information content (AvgIpc) is 2.52. The van der Waals surface area contributed by atoms with E-state index in [4.69, 9.17) is 0 Å². The van der Waals surface area contributed by atoms with Crippen LogP contribution in [-0.4, -0.2) is 12.2 Å². The molecule has 4 nitrogen and oxygen atoms in total. The maximum Gasteiger partial charge on any atom is 0.240 e. The molecule has 0 bridgehead atoms. The van der Waals surface area contributed by atoms with Gasteiger partial charge in [-0.25, -0.2) is 9.59 Å². The molecule has 108 valence electrons. The van der Waals surface area contributed by atoms with Gasteiger partial charge in [-0.2, -0.15) is 9.98 Å². The molecule has 0 aliphatic heterocycles. The summed E-state index contributed by atoms with van der Waals surface area (Å²) in [6.45, 7) is 3.76. The van der Waals surface area contributed by atoms with E-state index in [2.05, 4.69) is 16.6 Å². The predicted molar refractivity (Wildman–Crippen MR) is 85.2 cm³/mol. The Morgan fingerprint density at radius 1 is 0.909 bits per heavy atom. The van der Waals surface area contributed by atoms with Gasteiger partial charge in [-0.15, -0.1) is 6.58 Å². The number of hydrogen-bond donors (Lipinski definition) is 0. The summed E-state index contributed by atoms with van der Waals surface area (Å²) in [5, 5.41) is 0. The molecule has 2 aromatic rings. The molecule has 0 N–H and O–H groups in total. The maximum absolute atomic E-state index is 10.4. The van der Waals surface area contributed by atoms with Crippen molar-refractivity contribution in [2.24, 2.45) is 9.98 Å². The lowest BCUT2D eigenvalue weighted by atomic mass is 9.97. The van der Waals surface area contributed by atoms with E-state index in [-0.39, 0.29) is 0 Å². The van der Waals surface area contributed by atoms with Crippen molar-refractivity contribution >= 4 is 23.5 Å². The zero-order valence-corrected chi connectivity index (χ0v) is 12.0. The summed E-state index contributed by atoms with van der Waals surface area (Å²) in [5.74, 6) is 0. The predicted octanol–water partition coefficient (Wildman–Crippen LogP) is 3.94. The van der Waals surface area contributed by atoms with Crippen molar-refractivity contribution in [1.29, 1.82) is 0 Å². The van der Waals surface area contributed by atoms with Crippen LogP contribution in [0.5, 0.6) is 0 Å². The van der Waals surface area contributed by atoms with E-state index >= 15 is 0 Å². The van der Waals surface area contributed by atoms with Crippen LogP contribution in [0.1, 0.15) is 16.7 Å². The normalized spacial score (nSPS) is 9.45. The van der Waals surface area contributed by atoms with Gasteiger partial charge in [-0.1, -0.05) is 24.3 Å². The number of nitrogens with zero attached hydrogens (tertiary/aromatic N) is 2. The first-order chi connectivity index (χ1) is 10.8. The highest BCUT2D eigenvalue weighted by Gasteiger charge is 2.05. The Morgan fingerprint density at radius 3 is 2.18 bits per heavy atom. The van der Waals surface area contributed by atoms with Crippen LogP contribution in [0.25, 0.3) is 0 Å². The smallest absolute Gasteiger partial charge is 0.211 e. The summed E-state index contributed by atoms with van der Waals surface area (Å²) < 4.78 is 0. The second-order valence-corrected chi connectivity index (χ2v) is 4.70. The standard InChI is InChI=1S/C18H14N2O2/c1-2-3-15-6-9-18(20-13-22)11-16(15)10-14-4-7-17(8-5-14)19-12-21/h2,4-9,11H,1,3,10H2. The lowest BCUT2D eigenvalue weighted by Crippen LogP contribution is -1.94. The zero-order chi connectivity index (χ0) is 15.8. The molecular formula is C18H14N2O2. The number of benzene rings is 2. The molecule has 4 heteroatoms. The molecule has 22 heavy (non-hydrogen) atoms. The third-order valence-electron chi connectivity index (χ3n) is 3.23. The minimum Gasteiger partial charge on any atom is -0.211 e. The maximum atomic E-state index is 10.4. The Bertz CT molecular complexity index is 766. The molecule has 0 aliphatic rings. The van der Waals surface area contributed by atoms with E-state index in [1.165, 1.54) is 6.08 Å². The van der Waals surface area contributed by atoms with E-state index in [1.807, 2.05) is 30.3 Å². The van der Waals surface area contributed by atoms with E-state index in [1.54, 1.807) is 24.3 Å². The fourth-order valence-electron chi connectivity index (χ4n) is 2.21.